The van der Waals surface area contributed by atoms with Crippen molar-refractivity contribution >= 4 is 45.7 Å². The average Bonchev–Trinajstić information content (AvgIpc) is 3.11. The number of benzene rings is 1. The number of amides is 2. The van der Waals surface area contributed by atoms with E-state index in [1.54, 1.807) is 26.4 Å². The molecule has 0 atom stereocenters. The van der Waals surface area contributed by atoms with Gasteiger partial charge in [0.2, 0.25) is 0 Å². The van der Waals surface area contributed by atoms with Crippen LogP contribution in [0.4, 0.5) is 9.93 Å². The van der Waals surface area contributed by atoms with E-state index < -0.39 is 0 Å². The summed E-state index contributed by atoms with van der Waals surface area (Å²) in [7, 11) is 3.35. The van der Waals surface area contributed by atoms with Crippen molar-refractivity contribution in [1.82, 2.24) is 15.2 Å². The molecule has 0 aliphatic carbocycles. The van der Waals surface area contributed by atoms with Crippen LogP contribution in [0.15, 0.2) is 23.6 Å². The van der Waals surface area contributed by atoms with Gasteiger partial charge in [-0.3, -0.25) is 10.2 Å². The standard InChI is InChI=1S/C18H24Cl2N4O3S/c1-26-7-5-24(6-8-27-2)11-14-12-28-18(22-14)23-17(25)21-10-13-3-4-15(19)16(20)9-13/h3-4,9,12H,5-8,10-11H2,1-2H3,(H2,21,22,23,25). The number of thiazole rings is 1. The van der Waals surface area contributed by atoms with Crippen molar-refractivity contribution in [2.24, 2.45) is 0 Å². The number of nitrogens with one attached hydrogen (secondary N) is 2. The Kier molecular flexibility index (Phi) is 9.97. The lowest BCUT2D eigenvalue weighted by molar-refractivity contribution is 0.109. The first-order chi connectivity index (χ1) is 13.5. The number of carbonyl (C=O) groups excluding carboxylic acids is 1. The average molecular weight is 447 g/mol. The molecule has 0 bridgehead atoms. The van der Waals surface area contributed by atoms with Crippen LogP contribution in [0, 0.1) is 0 Å². The first-order valence-corrected chi connectivity index (χ1v) is 10.3. The van der Waals surface area contributed by atoms with Crippen molar-refractivity contribution in [1.29, 1.82) is 0 Å². The fourth-order valence-corrected chi connectivity index (χ4v) is 3.37. The van der Waals surface area contributed by atoms with Crippen LogP contribution in [-0.4, -0.2) is 56.4 Å². The summed E-state index contributed by atoms with van der Waals surface area (Å²) in [6.45, 7) is 3.83. The van der Waals surface area contributed by atoms with Gasteiger partial charge < -0.3 is 14.8 Å². The summed E-state index contributed by atoms with van der Waals surface area (Å²) < 4.78 is 10.3. The number of ether oxygens (including phenoxy) is 2. The Bertz CT molecular complexity index is 752. The highest BCUT2D eigenvalue weighted by Gasteiger charge is 2.11. The molecule has 2 amide bonds. The zero-order valence-electron chi connectivity index (χ0n) is 15.8. The highest BCUT2D eigenvalue weighted by Crippen LogP contribution is 2.22. The van der Waals surface area contributed by atoms with Gasteiger partial charge in [0.05, 0.1) is 29.0 Å². The number of nitrogens with zero attached hydrogens (tertiary/aromatic N) is 2. The van der Waals surface area contributed by atoms with Crippen LogP contribution < -0.4 is 10.6 Å². The van der Waals surface area contributed by atoms with Crippen LogP contribution in [0.5, 0.6) is 0 Å². The number of urea groups is 1. The van der Waals surface area contributed by atoms with E-state index >= 15 is 0 Å². The fraction of sp³-hybridized carbons (Fsp3) is 0.444. The molecule has 28 heavy (non-hydrogen) atoms. The van der Waals surface area contributed by atoms with E-state index in [-0.39, 0.29) is 6.03 Å². The molecule has 154 valence electrons. The zero-order chi connectivity index (χ0) is 20.4. The Morgan fingerprint density at radius 1 is 1.18 bits per heavy atom. The van der Waals surface area contributed by atoms with Crippen LogP contribution in [0.2, 0.25) is 10.0 Å². The summed E-state index contributed by atoms with van der Waals surface area (Å²) >= 11 is 13.3. The van der Waals surface area contributed by atoms with Crippen molar-refractivity contribution in [3.63, 3.8) is 0 Å². The molecule has 1 aromatic carbocycles. The Morgan fingerprint density at radius 2 is 1.89 bits per heavy atom. The quantitative estimate of drug-likeness (QED) is 0.547. The summed E-state index contributed by atoms with van der Waals surface area (Å²) in [5.74, 6) is 0. The molecule has 7 nitrogen and oxygen atoms in total. The van der Waals surface area contributed by atoms with Gasteiger partial charge in [0.15, 0.2) is 5.13 Å². The highest BCUT2D eigenvalue weighted by molar-refractivity contribution is 7.13. The van der Waals surface area contributed by atoms with E-state index in [4.69, 9.17) is 32.7 Å². The third-order valence-electron chi connectivity index (χ3n) is 3.82. The van der Waals surface area contributed by atoms with E-state index in [1.807, 2.05) is 11.4 Å². The van der Waals surface area contributed by atoms with Crippen molar-refractivity contribution < 1.29 is 14.3 Å². The van der Waals surface area contributed by atoms with Crippen molar-refractivity contribution in [2.75, 3.05) is 45.8 Å². The normalized spacial score (nSPS) is 11.0. The van der Waals surface area contributed by atoms with Gasteiger partial charge in [-0.15, -0.1) is 11.3 Å². The van der Waals surface area contributed by atoms with Gasteiger partial charge in [0.1, 0.15) is 0 Å². The molecule has 0 aliphatic rings. The van der Waals surface area contributed by atoms with Crippen LogP contribution in [0.25, 0.3) is 0 Å². The molecular weight excluding hydrogens is 423 g/mol. The number of carbonyl (C=O) groups is 1. The van der Waals surface area contributed by atoms with Gasteiger partial charge in [0.25, 0.3) is 0 Å². The maximum atomic E-state index is 12.1. The summed E-state index contributed by atoms with van der Waals surface area (Å²) in [5.41, 5.74) is 1.74. The second-order valence-corrected chi connectivity index (χ2v) is 7.63. The molecule has 0 spiro atoms. The number of halogens is 2. The van der Waals surface area contributed by atoms with Crippen LogP contribution in [0.3, 0.4) is 0 Å². The molecule has 0 unspecified atom stereocenters. The third kappa shape index (κ3) is 7.90. The van der Waals surface area contributed by atoms with Gasteiger partial charge in [-0.2, -0.15) is 0 Å². The van der Waals surface area contributed by atoms with Crippen molar-refractivity contribution in [3.05, 3.63) is 44.9 Å². The van der Waals surface area contributed by atoms with E-state index in [2.05, 4.69) is 20.5 Å². The monoisotopic (exact) mass is 446 g/mol. The van der Waals surface area contributed by atoms with Gasteiger partial charge in [-0.25, -0.2) is 9.78 Å². The molecule has 2 aromatic rings. The zero-order valence-corrected chi connectivity index (χ0v) is 18.2. The molecule has 0 fully saturated rings. The molecule has 2 rings (SSSR count). The topological polar surface area (TPSA) is 75.7 Å². The van der Waals surface area contributed by atoms with Crippen LogP contribution in [0.1, 0.15) is 11.3 Å². The summed E-state index contributed by atoms with van der Waals surface area (Å²) in [5, 5.41) is 8.93. The molecule has 1 aromatic heterocycles. The van der Waals surface area contributed by atoms with Gasteiger partial charge >= 0.3 is 6.03 Å². The van der Waals surface area contributed by atoms with Gasteiger partial charge in [0, 0.05) is 45.8 Å². The first kappa shape index (κ1) is 22.9. The lowest BCUT2D eigenvalue weighted by Crippen LogP contribution is -2.30. The molecular formula is C18H24Cl2N4O3S. The van der Waals surface area contributed by atoms with Gasteiger partial charge in [-0.05, 0) is 17.7 Å². The Hall–Kier alpha value is -1.42. The Morgan fingerprint density at radius 3 is 2.54 bits per heavy atom. The second kappa shape index (κ2) is 12.2. The largest absolute Gasteiger partial charge is 0.383 e. The van der Waals surface area contributed by atoms with Crippen LogP contribution in [-0.2, 0) is 22.6 Å². The third-order valence-corrected chi connectivity index (χ3v) is 5.36. The summed E-state index contributed by atoms with van der Waals surface area (Å²) in [6, 6.07) is 4.90. The number of anilines is 1. The first-order valence-electron chi connectivity index (χ1n) is 8.65. The molecule has 2 N–H and O–H groups in total. The molecule has 0 aliphatic heterocycles. The van der Waals surface area contributed by atoms with Crippen molar-refractivity contribution in [2.45, 2.75) is 13.1 Å². The predicted octanol–water partition coefficient (Wildman–Crippen LogP) is 3.87. The number of hydrogen-bond donors (Lipinski definition) is 2. The lowest BCUT2D eigenvalue weighted by Gasteiger charge is -2.20. The minimum atomic E-state index is -0.331. The van der Waals surface area contributed by atoms with Crippen molar-refractivity contribution in [3.8, 4) is 0 Å². The second-order valence-electron chi connectivity index (χ2n) is 5.96. The molecule has 0 radical (unpaired) electrons. The fourth-order valence-electron chi connectivity index (χ4n) is 2.35. The van der Waals surface area contributed by atoms with E-state index in [0.717, 1.165) is 24.3 Å². The lowest BCUT2D eigenvalue weighted by atomic mass is 10.2. The van der Waals surface area contributed by atoms with Crippen LogP contribution >= 0.6 is 34.5 Å². The number of hydrogen-bond acceptors (Lipinski definition) is 6. The minimum absolute atomic E-state index is 0.331. The van der Waals surface area contributed by atoms with E-state index in [0.29, 0.717) is 41.5 Å². The Balaban J connectivity index is 1.83. The highest BCUT2D eigenvalue weighted by atomic mass is 35.5. The molecule has 0 saturated heterocycles. The number of aromatic nitrogens is 1. The smallest absolute Gasteiger partial charge is 0.321 e. The maximum absolute atomic E-state index is 12.1. The van der Waals surface area contributed by atoms with Gasteiger partial charge in [-0.1, -0.05) is 29.3 Å². The number of rotatable bonds is 11. The summed E-state index contributed by atoms with van der Waals surface area (Å²) in [6.07, 6.45) is 0. The molecule has 0 saturated carbocycles. The Labute approximate surface area is 178 Å². The van der Waals surface area contributed by atoms with E-state index in [9.17, 15) is 4.79 Å². The minimum Gasteiger partial charge on any atom is -0.383 e. The van der Waals surface area contributed by atoms with E-state index in [1.165, 1.54) is 11.3 Å². The SMILES string of the molecule is COCCN(CCOC)Cc1csc(NC(=O)NCc2ccc(Cl)c(Cl)c2)n1. The number of methoxy groups -OCH3 is 2. The maximum Gasteiger partial charge on any atom is 0.321 e. The molecule has 1 heterocycles. The predicted molar refractivity (Wildman–Crippen MR) is 113 cm³/mol. The summed E-state index contributed by atoms with van der Waals surface area (Å²) in [4.78, 5) is 18.8. The molecule has 10 heteroatoms.